The maximum Gasteiger partial charge on any atom is 0.0910 e. The van der Waals surface area contributed by atoms with Crippen molar-refractivity contribution < 1.29 is 4.74 Å². The highest BCUT2D eigenvalue weighted by atomic mass is 32.1. The topological polar surface area (TPSA) is 51.4 Å². The molecule has 0 bridgehead atoms. The number of thiazole rings is 1. The van der Waals surface area contributed by atoms with E-state index in [0.29, 0.717) is 6.54 Å². The van der Waals surface area contributed by atoms with Crippen molar-refractivity contribution in [3.05, 3.63) is 16.1 Å². The van der Waals surface area contributed by atoms with Crippen molar-refractivity contribution in [3.63, 3.8) is 0 Å². The average molecular weight is 255 g/mol. The Morgan fingerprint density at radius 3 is 3.06 bits per heavy atom. The van der Waals surface area contributed by atoms with Crippen LogP contribution in [0.4, 0.5) is 0 Å². The Morgan fingerprint density at radius 1 is 1.65 bits per heavy atom. The summed E-state index contributed by atoms with van der Waals surface area (Å²) in [5.74, 6) is 0. The molecular weight excluding hydrogens is 234 g/mol. The van der Waals surface area contributed by atoms with Crippen LogP contribution in [0.5, 0.6) is 0 Å². The highest BCUT2D eigenvalue weighted by Gasteiger charge is 2.33. The SMILES string of the molecule is CCCN1CCOC(CN)C1c1csc(C)n1. The summed E-state index contributed by atoms with van der Waals surface area (Å²) in [6.07, 6.45) is 1.23. The molecule has 4 nitrogen and oxygen atoms in total. The van der Waals surface area contributed by atoms with Crippen molar-refractivity contribution in [3.8, 4) is 0 Å². The third-order valence-corrected chi connectivity index (χ3v) is 3.93. The number of hydrogen-bond acceptors (Lipinski definition) is 5. The van der Waals surface area contributed by atoms with E-state index in [9.17, 15) is 0 Å². The second kappa shape index (κ2) is 5.91. The van der Waals surface area contributed by atoms with Gasteiger partial charge in [0.1, 0.15) is 0 Å². The predicted octanol–water partition coefficient (Wildman–Crippen LogP) is 1.56. The molecule has 1 aliphatic heterocycles. The van der Waals surface area contributed by atoms with Crippen molar-refractivity contribution in [2.45, 2.75) is 32.4 Å². The van der Waals surface area contributed by atoms with Gasteiger partial charge in [-0.05, 0) is 19.9 Å². The number of morpholine rings is 1. The molecule has 2 N–H and O–H groups in total. The van der Waals surface area contributed by atoms with Crippen molar-refractivity contribution in [2.24, 2.45) is 5.73 Å². The first kappa shape index (κ1) is 13.0. The fourth-order valence-electron chi connectivity index (χ4n) is 2.42. The van der Waals surface area contributed by atoms with E-state index in [4.69, 9.17) is 10.5 Å². The smallest absolute Gasteiger partial charge is 0.0910 e. The zero-order chi connectivity index (χ0) is 12.3. The molecule has 2 atom stereocenters. The molecule has 0 radical (unpaired) electrons. The first-order valence-corrected chi connectivity index (χ1v) is 7.12. The summed E-state index contributed by atoms with van der Waals surface area (Å²) in [6.45, 7) is 7.64. The van der Waals surface area contributed by atoms with Gasteiger partial charge in [0.05, 0.1) is 29.5 Å². The number of rotatable bonds is 4. The largest absolute Gasteiger partial charge is 0.374 e. The molecule has 2 unspecified atom stereocenters. The number of ether oxygens (including phenoxy) is 1. The Balaban J connectivity index is 2.21. The summed E-state index contributed by atoms with van der Waals surface area (Å²) < 4.78 is 5.78. The van der Waals surface area contributed by atoms with Crippen LogP contribution in [0.1, 0.15) is 30.1 Å². The quantitative estimate of drug-likeness (QED) is 0.887. The molecule has 0 saturated carbocycles. The fourth-order valence-corrected chi connectivity index (χ4v) is 3.06. The predicted molar refractivity (Wildman–Crippen MR) is 70.3 cm³/mol. The van der Waals surface area contributed by atoms with Gasteiger partial charge in [-0.25, -0.2) is 4.98 Å². The van der Waals surface area contributed by atoms with Gasteiger partial charge in [-0.1, -0.05) is 6.92 Å². The minimum atomic E-state index is 0.0804. The van der Waals surface area contributed by atoms with Gasteiger partial charge in [0, 0.05) is 18.5 Å². The fraction of sp³-hybridized carbons (Fsp3) is 0.750. The van der Waals surface area contributed by atoms with Crippen LogP contribution in [-0.2, 0) is 4.74 Å². The molecule has 17 heavy (non-hydrogen) atoms. The number of aromatic nitrogens is 1. The van der Waals surface area contributed by atoms with E-state index >= 15 is 0 Å². The zero-order valence-electron chi connectivity index (χ0n) is 10.6. The van der Waals surface area contributed by atoms with Gasteiger partial charge in [0.15, 0.2) is 0 Å². The summed E-state index contributed by atoms with van der Waals surface area (Å²) in [4.78, 5) is 7.06. The van der Waals surface area contributed by atoms with Crippen LogP contribution in [0.2, 0.25) is 0 Å². The molecule has 96 valence electrons. The van der Waals surface area contributed by atoms with E-state index in [1.807, 2.05) is 6.92 Å². The molecule has 0 spiro atoms. The highest BCUT2D eigenvalue weighted by molar-refractivity contribution is 7.09. The van der Waals surface area contributed by atoms with Crippen molar-refractivity contribution in [2.75, 3.05) is 26.2 Å². The Bertz CT molecular complexity index is 353. The van der Waals surface area contributed by atoms with Gasteiger partial charge in [0.25, 0.3) is 0 Å². The minimum absolute atomic E-state index is 0.0804. The lowest BCUT2D eigenvalue weighted by atomic mass is 10.0. The molecule has 0 aromatic carbocycles. The van der Waals surface area contributed by atoms with E-state index in [-0.39, 0.29) is 12.1 Å². The van der Waals surface area contributed by atoms with Gasteiger partial charge in [0.2, 0.25) is 0 Å². The van der Waals surface area contributed by atoms with E-state index in [2.05, 4.69) is 22.2 Å². The van der Waals surface area contributed by atoms with E-state index in [1.54, 1.807) is 11.3 Å². The van der Waals surface area contributed by atoms with Crippen LogP contribution >= 0.6 is 11.3 Å². The molecule has 1 saturated heterocycles. The third-order valence-electron chi connectivity index (χ3n) is 3.14. The number of aryl methyl sites for hydroxylation is 1. The molecule has 2 rings (SSSR count). The summed E-state index contributed by atoms with van der Waals surface area (Å²) in [6, 6.07) is 0.235. The summed E-state index contributed by atoms with van der Waals surface area (Å²) in [7, 11) is 0. The second-order valence-electron chi connectivity index (χ2n) is 4.42. The summed E-state index contributed by atoms with van der Waals surface area (Å²) in [5, 5.41) is 3.25. The van der Waals surface area contributed by atoms with Gasteiger partial charge in [-0.3, -0.25) is 4.90 Å². The van der Waals surface area contributed by atoms with E-state index in [0.717, 1.165) is 36.8 Å². The molecular formula is C12H21N3OS. The van der Waals surface area contributed by atoms with Gasteiger partial charge >= 0.3 is 0 Å². The lowest BCUT2D eigenvalue weighted by molar-refractivity contribution is -0.0688. The standard InChI is InChI=1S/C12H21N3OS/c1-3-4-15-5-6-16-11(7-13)12(15)10-8-17-9(2)14-10/h8,11-12H,3-7,13H2,1-2H3. The monoisotopic (exact) mass is 255 g/mol. The summed E-state index contributed by atoms with van der Waals surface area (Å²) in [5.41, 5.74) is 6.94. The normalized spacial score (nSPS) is 26.3. The lowest BCUT2D eigenvalue weighted by Gasteiger charge is -2.40. The van der Waals surface area contributed by atoms with Crippen LogP contribution < -0.4 is 5.73 Å². The molecule has 2 heterocycles. The first-order valence-electron chi connectivity index (χ1n) is 6.24. The van der Waals surface area contributed by atoms with E-state index in [1.165, 1.54) is 0 Å². The van der Waals surface area contributed by atoms with E-state index < -0.39 is 0 Å². The first-order chi connectivity index (χ1) is 8.26. The highest BCUT2D eigenvalue weighted by Crippen LogP contribution is 2.29. The Morgan fingerprint density at radius 2 is 2.47 bits per heavy atom. The Hall–Kier alpha value is -0.490. The molecule has 1 aromatic rings. The number of nitrogens with zero attached hydrogens (tertiary/aromatic N) is 2. The van der Waals surface area contributed by atoms with Crippen molar-refractivity contribution >= 4 is 11.3 Å². The van der Waals surface area contributed by atoms with Crippen LogP contribution in [0, 0.1) is 6.92 Å². The molecule has 1 fully saturated rings. The van der Waals surface area contributed by atoms with Gasteiger partial charge in [-0.2, -0.15) is 0 Å². The minimum Gasteiger partial charge on any atom is -0.374 e. The third kappa shape index (κ3) is 2.85. The average Bonchev–Trinajstić information content (AvgIpc) is 2.75. The zero-order valence-corrected chi connectivity index (χ0v) is 11.4. The molecule has 5 heteroatoms. The van der Waals surface area contributed by atoms with Crippen LogP contribution in [0.3, 0.4) is 0 Å². The maximum atomic E-state index is 5.82. The molecule has 0 aliphatic carbocycles. The van der Waals surface area contributed by atoms with Gasteiger partial charge in [-0.15, -0.1) is 11.3 Å². The molecule has 1 aliphatic rings. The number of nitrogens with two attached hydrogens (primary N) is 1. The van der Waals surface area contributed by atoms with Crippen LogP contribution in [0.25, 0.3) is 0 Å². The summed E-state index contributed by atoms with van der Waals surface area (Å²) >= 11 is 1.70. The van der Waals surface area contributed by atoms with Crippen molar-refractivity contribution in [1.29, 1.82) is 0 Å². The lowest BCUT2D eigenvalue weighted by Crippen LogP contribution is -2.48. The second-order valence-corrected chi connectivity index (χ2v) is 5.48. The van der Waals surface area contributed by atoms with Crippen LogP contribution in [0.15, 0.2) is 5.38 Å². The van der Waals surface area contributed by atoms with Crippen LogP contribution in [-0.4, -0.2) is 42.2 Å². The van der Waals surface area contributed by atoms with Gasteiger partial charge < -0.3 is 10.5 Å². The van der Waals surface area contributed by atoms with Crippen molar-refractivity contribution in [1.82, 2.24) is 9.88 Å². The number of hydrogen-bond donors (Lipinski definition) is 1. The maximum absolute atomic E-state index is 5.82. The molecule has 1 aromatic heterocycles. The molecule has 0 amide bonds. The Kier molecular flexibility index (Phi) is 4.50. The Labute approximate surface area is 107 Å².